The van der Waals surface area contributed by atoms with Crippen molar-refractivity contribution in [2.24, 2.45) is 0 Å². The van der Waals surface area contributed by atoms with Crippen molar-refractivity contribution in [1.82, 2.24) is 10.2 Å². The average Bonchev–Trinajstić information content (AvgIpc) is 2.81. The number of nitrogens with one attached hydrogen (secondary N) is 1. The molecule has 3 rings (SSSR count). The molecule has 33 heavy (non-hydrogen) atoms. The number of amides is 2. The molecule has 3 aromatic carbocycles. The number of benzene rings is 3. The van der Waals surface area contributed by atoms with Gasteiger partial charge in [-0.2, -0.15) is 0 Å². The molecule has 0 saturated carbocycles. The van der Waals surface area contributed by atoms with Crippen molar-refractivity contribution in [3.63, 3.8) is 0 Å². The van der Waals surface area contributed by atoms with Crippen molar-refractivity contribution in [3.8, 4) is 0 Å². The molecule has 0 aliphatic heterocycles. The van der Waals surface area contributed by atoms with Gasteiger partial charge in [-0.1, -0.05) is 78.3 Å². The van der Waals surface area contributed by atoms with E-state index in [2.05, 4.69) is 5.32 Å². The molecule has 0 aliphatic rings. The van der Waals surface area contributed by atoms with Crippen molar-refractivity contribution >= 4 is 35.2 Å². The zero-order chi connectivity index (χ0) is 23.6. The molecule has 1 atom stereocenters. The van der Waals surface area contributed by atoms with E-state index in [1.54, 1.807) is 11.0 Å². The van der Waals surface area contributed by atoms with E-state index in [0.717, 1.165) is 16.0 Å². The zero-order valence-corrected chi connectivity index (χ0v) is 20.5. The maximum Gasteiger partial charge on any atom is 0.243 e. The van der Waals surface area contributed by atoms with Crippen LogP contribution in [0.1, 0.15) is 25.0 Å². The van der Waals surface area contributed by atoms with Crippen molar-refractivity contribution < 1.29 is 9.59 Å². The fourth-order valence-electron chi connectivity index (χ4n) is 3.49. The summed E-state index contributed by atoms with van der Waals surface area (Å²) in [6.45, 7) is 4.10. The Labute approximate surface area is 205 Å². The van der Waals surface area contributed by atoms with Crippen LogP contribution in [-0.4, -0.2) is 34.6 Å². The molecule has 0 saturated heterocycles. The lowest BCUT2D eigenvalue weighted by atomic mass is 10.0. The first-order chi connectivity index (χ1) is 15.9. The highest BCUT2D eigenvalue weighted by atomic mass is 35.5. The Balaban J connectivity index is 1.91. The first-order valence-electron chi connectivity index (χ1n) is 11.0. The van der Waals surface area contributed by atoms with Gasteiger partial charge in [-0.05, 0) is 43.2 Å². The number of rotatable bonds is 10. The lowest BCUT2D eigenvalue weighted by molar-refractivity contribution is -0.139. The minimum absolute atomic E-state index is 0.0354. The van der Waals surface area contributed by atoms with Gasteiger partial charge in [-0.25, -0.2) is 0 Å². The number of nitrogens with zero attached hydrogens (tertiary/aromatic N) is 1. The van der Waals surface area contributed by atoms with E-state index in [-0.39, 0.29) is 30.2 Å². The highest BCUT2D eigenvalue weighted by molar-refractivity contribution is 8.00. The fraction of sp³-hybridized carbons (Fsp3) is 0.259. The SMILES string of the molecule is CC(C)NC(=O)[C@@H](Cc1ccccc1)N(Cc1ccccc1Cl)C(=O)CSc1ccccc1. The monoisotopic (exact) mass is 480 g/mol. The first-order valence-corrected chi connectivity index (χ1v) is 12.4. The normalized spacial score (nSPS) is 11.8. The maximum absolute atomic E-state index is 13.5. The third kappa shape index (κ3) is 7.65. The zero-order valence-electron chi connectivity index (χ0n) is 18.9. The Morgan fingerprint density at radius 1 is 0.909 bits per heavy atom. The van der Waals surface area contributed by atoms with Gasteiger partial charge in [0, 0.05) is 28.9 Å². The summed E-state index contributed by atoms with van der Waals surface area (Å²) in [4.78, 5) is 29.5. The first kappa shape index (κ1) is 24.9. The van der Waals surface area contributed by atoms with Crippen LogP contribution >= 0.6 is 23.4 Å². The molecule has 3 aromatic rings. The summed E-state index contributed by atoms with van der Waals surface area (Å²) < 4.78 is 0. The average molecular weight is 481 g/mol. The van der Waals surface area contributed by atoms with Gasteiger partial charge in [0.15, 0.2) is 0 Å². The predicted molar refractivity (Wildman–Crippen MR) is 136 cm³/mol. The summed E-state index contributed by atoms with van der Waals surface area (Å²) in [5.74, 6) is -0.0445. The van der Waals surface area contributed by atoms with Crippen LogP contribution in [0.5, 0.6) is 0 Å². The van der Waals surface area contributed by atoms with Gasteiger partial charge in [0.2, 0.25) is 11.8 Å². The third-order valence-electron chi connectivity index (χ3n) is 5.11. The molecule has 0 fully saturated rings. The molecule has 0 heterocycles. The molecule has 0 radical (unpaired) electrons. The van der Waals surface area contributed by atoms with Gasteiger partial charge < -0.3 is 10.2 Å². The number of hydrogen-bond donors (Lipinski definition) is 1. The molecule has 0 unspecified atom stereocenters. The summed E-state index contributed by atoms with van der Waals surface area (Å²) >= 11 is 7.90. The Kier molecular flexibility index (Phi) is 9.40. The quantitative estimate of drug-likeness (QED) is 0.384. The molecule has 4 nitrogen and oxygen atoms in total. The Morgan fingerprint density at radius 3 is 2.15 bits per heavy atom. The molecule has 6 heteroatoms. The van der Waals surface area contributed by atoms with Gasteiger partial charge in [0.25, 0.3) is 0 Å². The molecule has 1 N–H and O–H groups in total. The van der Waals surface area contributed by atoms with E-state index >= 15 is 0 Å². The van der Waals surface area contributed by atoms with E-state index < -0.39 is 6.04 Å². The Morgan fingerprint density at radius 2 is 1.52 bits per heavy atom. The minimum atomic E-state index is -0.657. The molecule has 172 valence electrons. The van der Waals surface area contributed by atoms with Crippen molar-refractivity contribution in [3.05, 3.63) is 101 Å². The molecule has 2 amide bonds. The largest absolute Gasteiger partial charge is 0.352 e. The summed E-state index contributed by atoms with van der Waals surface area (Å²) in [5.41, 5.74) is 1.81. The van der Waals surface area contributed by atoms with E-state index in [9.17, 15) is 9.59 Å². The smallest absolute Gasteiger partial charge is 0.243 e. The predicted octanol–water partition coefficient (Wildman–Crippen LogP) is 5.60. The second-order valence-corrected chi connectivity index (χ2v) is 9.54. The van der Waals surface area contributed by atoms with Gasteiger partial charge >= 0.3 is 0 Å². The van der Waals surface area contributed by atoms with Crippen LogP contribution in [0.15, 0.2) is 89.8 Å². The van der Waals surface area contributed by atoms with Gasteiger partial charge in [0.05, 0.1) is 5.75 Å². The van der Waals surface area contributed by atoms with Gasteiger partial charge in [-0.3, -0.25) is 9.59 Å². The second kappa shape index (κ2) is 12.5. The van der Waals surface area contributed by atoms with Crippen LogP contribution in [0.4, 0.5) is 0 Å². The van der Waals surface area contributed by atoms with Crippen molar-refractivity contribution in [2.75, 3.05) is 5.75 Å². The van der Waals surface area contributed by atoms with Crippen LogP contribution in [-0.2, 0) is 22.6 Å². The summed E-state index contributed by atoms with van der Waals surface area (Å²) in [5, 5.41) is 3.58. The molecular formula is C27H29ClN2O2S. The van der Waals surface area contributed by atoms with E-state index in [0.29, 0.717) is 11.4 Å². The van der Waals surface area contributed by atoms with Crippen LogP contribution in [0.2, 0.25) is 5.02 Å². The molecule has 0 spiro atoms. The van der Waals surface area contributed by atoms with Crippen LogP contribution in [0, 0.1) is 0 Å². The number of halogens is 1. The molecule has 0 bridgehead atoms. The molecular weight excluding hydrogens is 452 g/mol. The number of hydrogen-bond acceptors (Lipinski definition) is 3. The number of carbonyl (C=O) groups is 2. The van der Waals surface area contributed by atoms with E-state index in [1.165, 1.54) is 11.8 Å². The fourth-order valence-corrected chi connectivity index (χ4v) is 4.49. The van der Waals surface area contributed by atoms with E-state index in [4.69, 9.17) is 11.6 Å². The molecule has 0 aliphatic carbocycles. The minimum Gasteiger partial charge on any atom is -0.352 e. The number of thioether (sulfide) groups is 1. The highest BCUT2D eigenvalue weighted by Gasteiger charge is 2.31. The highest BCUT2D eigenvalue weighted by Crippen LogP contribution is 2.23. The lowest BCUT2D eigenvalue weighted by Crippen LogP contribution is -2.52. The Hall–Kier alpha value is -2.76. The molecule has 0 aromatic heterocycles. The summed E-state index contributed by atoms with van der Waals surface area (Å²) in [7, 11) is 0. The second-order valence-electron chi connectivity index (χ2n) is 8.08. The lowest BCUT2D eigenvalue weighted by Gasteiger charge is -2.32. The van der Waals surface area contributed by atoms with Crippen LogP contribution in [0.3, 0.4) is 0 Å². The topological polar surface area (TPSA) is 49.4 Å². The van der Waals surface area contributed by atoms with Crippen molar-refractivity contribution in [2.45, 2.75) is 43.8 Å². The summed E-state index contributed by atoms with van der Waals surface area (Å²) in [6, 6.07) is 26.3. The summed E-state index contributed by atoms with van der Waals surface area (Å²) in [6.07, 6.45) is 0.422. The standard InChI is InChI=1S/C27H29ClN2O2S/c1-20(2)29-27(32)25(17-21-11-5-3-6-12-21)30(18-22-13-9-10-16-24(22)28)26(31)19-33-23-14-7-4-8-15-23/h3-16,20,25H,17-19H2,1-2H3,(H,29,32)/t25-/m1/s1. The van der Waals surface area contributed by atoms with Gasteiger partial charge in [-0.15, -0.1) is 11.8 Å². The van der Waals surface area contributed by atoms with Crippen LogP contribution in [0.25, 0.3) is 0 Å². The Bertz CT molecular complexity index is 1040. The van der Waals surface area contributed by atoms with E-state index in [1.807, 2.05) is 92.7 Å². The van der Waals surface area contributed by atoms with Crippen molar-refractivity contribution in [1.29, 1.82) is 0 Å². The third-order valence-corrected chi connectivity index (χ3v) is 6.47. The maximum atomic E-state index is 13.5. The van der Waals surface area contributed by atoms with Crippen LogP contribution < -0.4 is 5.32 Å². The number of carbonyl (C=O) groups excluding carboxylic acids is 2. The van der Waals surface area contributed by atoms with Gasteiger partial charge in [0.1, 0.15) is 6.04 Å².